The number of benzene rings is 1. The first-order chi connectivity index (χ1) is 8.36. The molecule has 6 nitrogen and oxygen atoms in total. The van der Waals surface area contributed by atoms with Crippen molar-refractivity contribution in [2.24, 2.45) is 0 Å². The van der Waals surface area contributed by atoms with Gasteiger partial charge < -0.3 is 9.64 Å². The zero-order chi connectivity index (χ0) is 13.9. The lowest BCUT2D eigenvalue weighted by Crippen LogP contribution is -2.27. The molecule has 0 aliphatic carbocycles. The summed E-state index contributed by atoms with van der Waals surface area (Å²) in [6, 6.07) is 2.15. The highest BCUT2D eigenvalue weighted by molar-refractivity contribution is 14.1. The summed E-state index contributed by atoms with van der Waals surface area (Å²) in [5, 5.41) is 10.9. The second-order valence-corrected chi connectivity index (χ2v) is 4.61. The second-order valence-electron chi connectivity index (χ2n) is 3.44. The van der Waals surface area contributed by atoms with Crippen molar-refractivity contribution >= 4 is 39.9 Å². The van der Waals surface area contributed by atoms with Crippen molar-refractivity contribution in [3.8, 4) is 0 Å². The molecular weight excluding hydrogens is 358 g/mol. The van der Waals surface area contributed by atoms with Gasteiger partial charge in [-0.2, -0.15) is 0 Å². The minimum absolute atomic E-state index is 0.0308. The first-order valence-corrected chi connectivity index (χ1v) is 5.86. The molecule has 0 heterocycles. The highest BCUT2D eigenvalue weighted by Crippen LogP contribution is 2.30. The van der Waals surface area contributed by atoms with Gasteiger partial charge >= 0.3 is 5.97 Å². The molecule has 98 valence electrons. The van der Waals surface area contributed by atoms with E-state index in [1.54, 1.807) is 22.6 Å². The Morgan fingerprint density at radius 1 is 1.61 bits per heavy atom. The zero-order valence-corrected chi connectivity index (χ0v) is 11.8. The van der Waals surface area contributed by atoms with E-state index >= 15 is 0 Å². The molecule has 1 aromatic rings. The largest absolute Gasteiger partial charge is 0.468 e. The van der Waals surface area contributed by atoms with Gasteiger partial charge in [0.2, 0.25) is 0 Å². The third kappa shape index (κ3) is 3.28. The van der Waals surface area contributed by atoms with Gasteiger partial charge in [-0.05, 0) is 22.6 Å². The van der Waals surface area contributed by atoms with Crippen LogP contribution >= 0.6 is 22.6 Å². The van der Waals surface area contributed by atoms with Gasteiger partial charge in [-0.15, -0.1) is 0 Å². The van der Waals surface area contributed by atoms with Crippen LogP contribution in [0.25, 0.3) is 0 Å². The number of nitro benzene ring substituents is 1. The van der Waals surface area contributed by atoms with Gasteiger partial charge in [0, 0.05) is 19.2 Å². The van der Waals surface area contributed by atoms with Crippen LogP contribution in [0, 0.1) is 19.5 Å². The summed E-state index contributed by atoms with van der Waals surface area (Å²) < 4.78 is 18.0. The van der Waals surface area contributed by atoms with Crippen molar-refractivity contribution in [3.63, 3.8) is 0 Å². The van der Waals surface area contributed by atoms with E-state index in [-0.39, 0.29) is 21.5 Å². The van der Waals surface area contributed by atoms with Crippen LogP contribution in [0.5, 0.6) is 0 Å². The molecule has 0 bridgehead atoms. The van der Waals surface area contributed by atoms with E-state index in [0.717, 1.165) is 12.1 Å². The Labute approximate surface area is 116 Å². The number of anilines is 1. The van der Waals surface area contributed by atoms with Gasteiger partial charge in [-0.25, -0.2) is 4.39 Å². The normalized spacial score (nSPS) is 10.0. The van der Waals surface area contributed by atoms with Gasteiger partial charge in [0.25, 0.3) is 5.69 Å². The van der Waals surface area contributed by atoms with Crippen LogP contribution in [0.3, 0.4) is 0 Å². The second kappa shape index (κ2) is 5.94. The maximum Gasteiger partial charge on any atom is 0.325 e. The van der Waals surface area contributed by atoms with Gasteiger partial charge in [0.15, 0.2) is 0 Å². The lowest BCUT2D eigenvalue weighted by molar-refractivity contribution is -0.384. The number of halogens is 2. The van der Waals surface area contributed by atoms with E-state index < -0.39 is 16.7 Å². The molecule has 0 saturated heterocycles. The number of rotatable bonds is 4. The van der Waals surface area contributed by atoms with Gasteiger partial charge in [-0.1, -0.05) is 0 Å². The van der Waals surface area contributed by atoms with Gasteiger partial charge in [0.05, 0.1) is 15.6 Å². The standard InChI is InChI=1S/C10H10FIN2O4/c1-13(5-10(15)18-2)8-3-6(11)7(12)4-9(8)14(16)17/h3-4H,5H2,1-2H3. The van der Waals surface area contributed by atoms with E-state index in [0.29, 0.717) is 0 Å². The van der Waals surface area contributed by atoms with Crippen LogP contribution in [-0.2, 0) is 9.53 Å². The van der Waals surface area contributed by atoms with Crippen LogP contribution in [-0.4, -0.2) is 31.6 Å². The summed E-state index contributed by atoms with van der Waals surface area (Å²) in [6.07, 6.45) is 0. The Kier molecular flexibility index (Phi) is 4.82. The minimum Gasteiger partial charge on any atom is -0.468 e. The first-order valence-electron chi connectivity index (χ1n) is 4.78. The summed E-state index contributed by atoms with van der Waals surface area (Å²) in [4.78, 5) is 22.6. The Balaban J connectivity index is 3.17. The molecular formula is C10H10FIN2O4. The molecule has 0 aliphatic heterocycles. The molecule has 18 heavy (non-hydrogen) atoms. The molecule has 1 aromatic carbocycles. The SMILES string of the molecule is COC(=O)CN(C)c1cc(F)c(I)cc1[N+](=O)[O-]. The summed E-state index contributed by atoms with van der Waals surface area (Å²) in [6.45, 7) is -0.197. The van der Waals surface area contributed by atoms with Crippen LogP contribution in [0.1, 0.15) is 0 Å². The Morgan fingerprint density at radius 2 is 2.22 bits per heavy atom. The molecule has 0 amide bonds. The summed E-state index contributed by atoms with van der Waals surface area (Å²) in [5.41, 5.74) is -0.226. The number of carbonyl (C=O) groups excluding carboxylic acids is 1. The molecule has 0 N–H and O–H groups in total. The quantitative estimate of drug-likeness (QED) is 0.352. The number of hydrogen-bond donors (Lipinski definition) is 0. The van der Waals surface area contributed by atoms with Gasteiger partial charge in [0.1, 0.15) is 18.0 Å². The van der Waals surface area contributed by atoms with E-state index in [1.807, 2.05) is 0 Å². The number of ether oxygens (including phenoxy) is 1. The number of nitrogens with zero attached hydrogens (tertiary/aromatic N) is 2. The average molecular weight is 368 g/mol. The molecule has 0 fully saturated rings. The Bertz CT molecular complexity index is 495. The van der Waals surface area contributed by atoms with E-state index in [4.69, 9.17) is 0 Å². The molecule has 0 unspecified atom stereocenters. The number of carbonyl (C=O) groups is 1. The molecule has 1 rings (SSSR count). The number of nitro groups is 1. The first kappa shape index (κ1) is 14.6. The predicted octanol–water partition coefficient (Wildman–Crippen LogP) is 1.95. The van der Waals surface area contributed by atoms with Crippen molar-refractivity contribution in [1.82, 2.24) is 0 Å². The molecule has 0 atom stereocenters. The lowest BCUT2D eigenvalue weighted by Gasteiger charge is -2.17. The third-order valence-corrected chi connectivity index (χ3v) is 3.05. The molecule has 0 aliphatic rings. The van der Waals surface area contributed by atoms with E-state index in [1.165, 1.54) is 19.1 Å². The molecule has 8 heteroatoms. The third-order valence-electron chi connectivity index (χ3n) is 2.22. The average Bonchev–Trinajstić information content (AvgIpc) is 2.31. The Hall–Kier alpha value is -1.45. The van der Waals surface area contributed by atoms with Crippen LogP contribution in [0.4, 0.5) is 15.8 Å². The maximum absolute atomic E-state index is 13.4. The van der Waals surface area contributed by atoms with Crippen LogP contribution < -0.4 is 4.90 Å². The van der Waals surface area contributed by atoms with Crippen molar-refractivity contribution in [2.75, 3.05) is 25.6 Å². The van der Waals surface area contributed by atoms with E-state index in [9.17, 15) is 19.3 Å². The zero-order valence-electron chi connectivity index (χ0n) is 9.65. The fourth-order valence-electron chi connectivity index (χ4n) is 1.32. The highest BCUT2D eigenvalue weighted by atomic mass is 127. The molecule has 0 saturated carbocycles. The Morgan fingerprint density at radius 3 is 2.72 bits per heavy atom. The number of likely N-dealkylation sites (N-methyl/N-ethyl adjacent to an activating group) is 1. The van der Waals surface area contributed by atoms with Crippen LogP contribution in [0.2, 0.25) is 0 Å². The maximum atomic E-state index is 13.4. The van der Waals surface area contributed by atoms with E-state index in [2.05, 4.69) is 4.74 Å². The monoisotopic (exact) mass is 368 g/mol. The molecule has 0 aromatic heterocycles. The molecule has 0 spiro atoms. The van der Waals surface area contributed by atoms with Crippen molar-refractivity contribution in [3.05, 3.63) is 31.6 Å². The van der Waals surface area contributed by atoms with Crippen molar-refractivity contribution in [2.45, 2.75) is 0 Å². The molecule has 0 radical (unpaired) electrons. The van der Waals surface area contributed by atoms with Crippen molar-refractivity contribution < 1.29 is 18.8 Å². The fourth-order valence-corrected chi connectivity index (χ4v) is 1.77. The number of esters is 1. The highest BCUT2D eigenvalue weighted by Gasteiger charge is 2.21. The summed E-state index contributed by atoms with van der Waals surface area (Å²) >= 11 is 1.67. The number of methoxy groups -OCH3 is 1. The van der Waals surface area contributed by atoms with Gasteiger partial charge in [-0.3, -0.25) is 14.9 Å². The topological polar surface area (TPSA) is 72.7 Å². The summed E-state index contributed by atoms with van der Waals surface area (Å²) in [7, 11) is 2.66. The minimum atomic E-state index is -0.620. The smallest absolute Gasteiger partial charge is 0.325 e. The van der Waals surface area contributed by atoms with Crippen molar-refractivity contribution in [1.29, 1.82) is 0 Å². The predicted molar refractivity (Wildman–Crippen MR) is 71.1 cm³/mol. The summed E-state index contributed by atoms with van der Waals surface area (Å²) in [5.74, 6) is -1.14. The fraction of sp³-hybridized carbons (Fsp3) is 0.300. The van der Waals surface area contributed by atoms with Crippen LogP contribution in [0.15, 0.2) is 12.1 Å². The lowest BCUT2D eigenvalue weighted by atomic mass is 10.2. The number of hydrogen-bond acceptors (Lipinski definition) is 5.